The van der Waals surface area contributed by atoms with E-state index < -0.39 is 23.3 Å². The number of aryl methyl sites for hydroxylation is 1. The molecule has 1 aromatic carbocycles. The second kappa shape index (κ2) is 4.73. The minimum Gasteiger partial charge on any atom is -0.503 e. The molecule has 3 nitrogen and oxygen atoms in total. The number of amides is 1. The van der Waals surface area contributed by atoms with Crippen molar-refractivity contribution in [3.63, 3.8) is 0 Å². The van der Waals surface area contributed by atoms with Crippen molar-refractivity contribution in [2.24, 2.45) is 0 Å². The molecule has 0 spiro atoms. The zero-order valence-corrected chi connectivity index (χ0v) is 10.1. The minimum absolute atomic E-state index is 0.187. The van der Waals surface area contributed by atoms with E-state index in [0.717, 1.165) is 17.0 Å². The third-order valence-electron chi connectivity index (χ3n) is 2.39. The first-order chi connectivity index (χ1) is 8.49. The van der Waals surface area contributed by atoms with Crippen LogP contribution in [0.5, 0.6) is 5.75 Å². The smallest absolute Gasteiger partial charge is 0.255 e. The van der Waals surface area contributed by atoms with E-state index in [9.17, 15) is 13.6 Å². The van der Waals surface area contributed by atoms with E-state index >= 15 is 0 Å². The fraction of sp³-hybridized carbons (Fsp3) is 0.0833. The fourth-order valence-corrected chi connectivity index (χ4v) is 2.06. The number of hydrogen-bond donors (Lipinski definition) is 2. The Morgan fingerprint density at radius 1 is 1.33 bits per heavy atom. The standard InChI is InChI=1S/C12H9F2NO2S/c1-6-10(2-3-18-6)15-12(17)7-4-8(13)11(16)9(14)5-7/h2-5,16H,1H3,(H,15,17). The average Bonchev–Trinajstić information content (AvgIpc) is 2.71. The molecule has 6 heteroatoms. The van der Waals surface area contributed by atoms with Gasteiger partial charge in [-0.05, 0) is 30.5 Å². The van der Waals surface area contributed by atoms with Crippen LogP contribution in [0.3, 0.4) is 0 Å². The van der Waals surface area contributed by atoms with Crippen LogP contribution in [0.15, 0.2) is 23.6 Å². The summed E-state index contributed by atoms with van der Waals surface area (Å²) in [4.78, 5) is 12.7. The highest BCUT2D eigenvalue weighted by Crippen LogP contribution is 2.24. The molecule has 1 heterocycles. The van der Waals surface area contributed by atoms with Crippen molar-refractivity contribution in [2.45, 2.75) is 6.92 Å². The van der Waals surface area contributed by atoms with Crippen molar-refractivity contribution in [1.29, 1.82) is 0 Å². The summed E-state index contributed by atoms with van der Waals surface area (Å²) >= 11 is 1.45. The lowest BCUT2D eigenvalue weighted by Crippen LogP contribution is -2.12. The molecule has 1 amide bonds. The second-order valence-electron chi connectivity index (χ2n) is 3.63. The Balaban J connectivity index is 2.27. The monoisotopic (exact) mass is 269 g/mol. The summed E-state index contributed by atoms with van der Waals surface area (Å²) in [6.07, 6.45) is 0. The Bertz CT molecular complexity index is 587. The van der Waals surface area contributed by atoms with Gasteiger partial charge in [0.05, 0.1) is 5.69 Å². The van der Waals surface area contributed by atoms with E-state index in [-0.39, 0.29) is 5.56 Å². The van der Waals surface area contributed by atoms with Gasteiger partial charge >= 0.3 is 0 Å². The SMILES string of the molecule is Cc1sccc1NC(=O)c1cc(F)c(O)c(F)c1. The minimum atomic E-state index is -1.16. The molecule has 0 fully saturated rings. The van der Waals surface area contributed by atoms with Gasteiger partial charge in [0.1, 0.15) is 0 Å². The number of carbonyl (C=O) groups excluding carboxylic acids is 1. The Morgan fingerprint density at radius 2 is 1.94 bits per heavy atom. The lowest BCUT2D eigenvalue weighted by Gasteiger charge is -2.06. The molecule has 2 rings (SSSR count). The lowest BCUT2D eigenvalue weighted by atomic mass is 10.2. The molecule has 2 N–H and O–H groups in total. The van der Waals surface area contributed by atoms with Crippen LogP contribution in [-0.2, 0) is 0 Å². The molecular formula is C12H9F2NO2S. The number of benzene rings is 1. The van der Waals surface area contributed by atoms with Gasteiger partial charge in [0.2, 0.25) is 0 Å². The third kappa shape index (κ3) is 2.33. The molecule has 0 aliphatic rings. The number of anilines is 1. The summed E-state index contributed by atoms with van der Waals surface area (Å²) in [5, 5.41) is 13.3. The van der Waals surface area contributed by atoms with Gasteiger partial charge in [-0.15, -0.1) is 11.3 Å². The average molecular weight is 269 g/mol. The normalized spacial score (nSPS) is 10.4. The molecule has 0 aliphatic carbocycles. The Morgan fingerprint density at radius 3 is 2.44 bits per heavy atom. The highest BCUT2D eigenvalue weighted by atomic mass is 32.1. The van der Waals surface area contributed by atoms with Gasteiger partial charge in [0.25, 0.3) is 5.91 Å². The first-order valence-electron chi connectivity index (χ1n) is 5.02. The van der Waals surface area contributed by atoms with E-state index in [1.807, 2.05) is 6.92 Å². The Labute approximate surface area is 106 Å². The van der Waals surface area contributed by atoms with Crippen molar-refractivity contribution >= 4 is 22.9 Å². The fourth-order valence-electron chi connectivity index (χ4n) is 1.41. The summed E-state index contributed by atoms with van der Waals surface area (Å²) in [6, 6.07) is 3.27. The molecule has 0 atom stereocenters. The maximum Gasteiger partial charge on any atom is 0.255 e. The second-order valence-corrected chi connectivity index (χ2v) is 4.75. The van der Waals surface area contributed by atoms with Gasteiger partial charge in [0, 0.05) is 10.4 Å². The van der Waals surface area contributed by atoms with Crippen LogP contribution in [-0.4, -0.2) is 11.0 Å². The summed E-state index contributed by atoms with van der Waals surface area (Å²) in [6.45, 7) is 1.82. The van der Waals surface area contributed by atoms with Crippen LogP contribution in [0, 0.1) is 18.6 Å². The molecule has 1 aromatic heterocycles. The van der Waals surface area contributed by atoms with E-state index in [1.165, 1.54) is 11.3 Å². The maximum absolute atomic E-state index is 13.1. The Hall–Kier alpha value is -1.95. The van der Waals surface area contributed by atoms with Crippen LogP contribution in [0.2, 0.25) is 0 Å². The van der Waals surface area contributed by atoms with Crippen LogP contribution < -0.4 is 5.32 Å². The summed E-state index contributed by atoms with van der Waals surface area (Å²) in [7, 11) is 0. The predicted molar refractivity (Wildman–Crippen MR) is 65.0 cm³/mol. The van der Waals surface area contributed by atoms with Crippen molar-refractivity contribution < 1.29 is 18.7 Å². The maximum atomic E-state index is 13.1. The first kappa shape index (κ1) is 12.5. The quantitative estimate of drug-likeness (QED) is 0.878. The van der Waals surface area contributed by atoms with Gasteiger partial charge in [-0.3, -0.25) is 4.79 Å². The van der Waals surface area contributed by atoms with Crippen molar-refractivity contribution in [1.82, 2.24) is 0 Å². The lowest BCUT2D eigenvalue weighted by molar-refractivity contribution is 0.102. The van der Waals surface area contributed by atoms with Gasteiger partial charge in [0.15, 0.2) is 17.4 Å². The van der Waals surface area contributed by atoms with Gasteiger partial charge in [-0.1, -0.05) is 0 Å². The summed E-state index contributed by atoms with van der Waals surface area (Å²) < 4.78 is 26.2. The zero-order chi connectivity index (χ0) is 13.3. The van der Waals surface area contributed by atoms with Crippen LogP contribution in [0.25, 0.3) is 0 Å². The number of carbonyl (C=O) groups is 1. The predicted octanol–water partition coefficient (Wildman–Crippen LogP) is 3.29. The van der Waals surface area contributed by atoms with E-state index in [0.29, 0.717) is 5.69 Å². The van der Waals surface area contributed by atoms with E-state index in [2.05, 4.69) is 5.32 Å². The van der Waals surface area contributed by atoms with Crippen molar-refractivity contribution in [2.75, 3.05) is 5.32 Å². The summed E-state index contributed by atoms with van der Waals surface area (Å²) in [5.74, 6) is -4.04. The van der Waals surface area contributed by atoms with Crippen LogP contribution in [0.4, 0.5) is 14.5 Å². The number of hydrogen-bond acceptors (Lipinski definition) is 3. The van der Waals surface area contributed by atoms with Gasteiger partial charge in [-0.25, -0.2) is 8.78 Å². The molecule has 0 unspecified atom stereocenters. The first-order valence-corrected chi connectivity index (χ1v) is 5.90. The van der Waals surface area contributed by atoms with Crippen molar-refractivity contribution in [3.8, 4) is 5.75 Å². The largest absolute Gasteiger partial charge is 0.503 e. The number of nitrogens with one attached hydrogen (secondary N) is 1. The molecule has 0 saturated heterocycles. The van der Waals surface area contributed by atoms with Crippen LogP contribution >= 0.6 is 11.3 Å². The van der Waals surface area contributed by atoms with Gasteiger partial charge in [-0.2, -0.15) is 0 Å². The Kier molecular flexibility index (Phi) is 3.29. The third-order valence-corrected chi connectivity index (χ3v) is 3.23. The number of phenols is 1. The molecule has 0 aliphatic heterocycles. The van der Waals surface area contributed by atoms with Crippen molar-refractivity contribution in [3.05, 3.63) is 45.7 Å². The van der Waals surface area contributed by atoms with Gasteiger partial charge < -0.3 is 10.4 Å². The number of thiophene rings is 1. The van der Waals surface area contributed by atoms with Crippen LogP contribution in [0.1, 0.15) is 15.2 Å². The highest BCUT2D eigenvalue weighted by Gasteiger charge is 2.15. The number of halogens is 2. The van der Waals surface area contributed by atoms with E-state index in [1.54, 1.807) is 11.4 Å². The number of rotatable bonds is 2. The number of aromatic hydroxyl groups is 1. The topological polar surface area (TPSA) is 49.3 Å². The molecular weight excluding hydrogens is 260 g/mol. The zero-order valence-electron chi connectivity index (χ0n) is 9.33. The molecule has 2 aromatic rings. The molecule has 18 heavy (non-hydrogen) atoms. The molecule has 94 valence electrons. The summed E-state index contributed by atoms with van der Waals surface area (Å²) in [5.41, 5.74) is 0.410. The highest BCUT2D eigenvalue weighted by molar-refractivity contribution is 7.10. The molecule has 0 saturated carbocycles. The van der Waals surface area contributed by atoms with E-state index in [4.69, 9.17) is 5.11 Å². The molecule has 0 radical (unpaired) electrons. The number of phenolic OH excluding ortho intramolecular Hbond substituents is 1. The molecule has 0 bridgehead atoms.